The van der Waals surface area contributed by atoms with Crippen molar-refractivity contribution in [3.63, 3.8) is 0 Å². The van der Waals surface area contributed by atoms with Crippen molar-refractivity contribution in [2.45, 2.75) is 75.5 Å². The number of fused-ring (bicyclic) bond motifs is 1. The first kappa shape index (κ1) is 16.8. The number of esters is 1. The van der Waals surface area contributed by atoms with Gasteiger partial charge in [-0.15, -0.1) is 0 Å². The van der Waals surface area contributed by atoms with Gasteiger partial charge in [0.25, 0.3) is 0 Å². The number of aliphatic hydroxyl groups excluding tert-OH is 2. The number of carbonyl (C=O) groups excluding carboxylic acids is 1. The Balaban J connectivity index is 1.49. The quantitative estimate of drug-likeness (QED) is 0.447. The molecule has 0 aromatic carbocycles. The summed E-state index contributed by atoms with van der Waals surface area (Å²) in [6.07, 6.45) is 1.27. The van der Waals surface area contributed by atoms with Gasteiger partial charge in [0.2, 0.25) is 0 Å². The van der Waals surface area contributed by atoms with E-state index in [0.717, 1.165) is 25.0 Å². The van der Waals surface area contributed by atoms with Gasteiger partial charge in [0.15, 0.2) is 0 Å². The lowest BCUT2D eigenvalue weighted by molar-refractivity contribution is -0.280. The smallest absolute Gasteiger partial charge is 0.302 e. The van der Waals surface area contributed by atoms with Crippen LogP contribution in [0.5, 0.6) is 0 Å². The molecule has 6 heteroatoms. The number of piperidine rings is 2. The third kappa shape index (κ3) is 1.26. The Labute approximate surface area is 164 Å². The molecule has 6 nitrogen and oxygen atoms in total. The van der Waals surface area contributed by atoms with Crippen molar-refractivity contribution in [1.29, 1.82) is 0 Å². The number of nitrogens with zero attached hydrogens (tertiary/aromatic N) is 1. The summed E-state index contributed by atoms with van der Waals surface area (Å²) in [5.74, 6) is -0.379. The summed E-state index contributed by atoms with van der Waals surface area (Å²) in [5.41, 5.74) is -1.07. The van der Waals surface area contributed by atoms with Crippen molar-refractivity contribution in [3.8, 4) is 0 Å². The predicted molar refractivity (Wildman–Crippen MR) is 97.9 cm³/mol. The highest BCUT2D eigenvalue weighted by atomic mass is 16.5. The number of carbonyl (C=O) groups is 1. The minimum atomic E-state index is -1.20. The monoisotopic (exact) mass is 387 g/mol. The molecule has 0 radical (unpaired) electrons. The highest BCUT2D eigenvalue weighted by Gasteiger charge is 2.94. The van der Waals surface area contributed by atoms with Crippen LogP contribution in [0.2, 0.25) is 0 Å². The average molecular weight is 387 g/mol. The number of hydrogen-bond acceptors (Lipinski definition) is 6. The van der Waals surface area contributed by atoms with Gasteiger partial charge < -0.3 is 20.1 Å². The van der Waals surface area contributed by atoms with Crippen molar-refractivity contribution in [1.82, 2.24) is 4.90 Å². The first-order valence-electron chi connectivity index (χ1n) is 10.8. The Kier molecular flexibility index (Phi) is 2.55. The highest BCUT2D eigenvalue weighted by Crippen LogP contribution is 2.88. The summed E-state index contributed by atoms with van der Waals surface area (Å²) in [4.78, 5) is 14.3. The lowest BCUT2D eigenvalue weighted by Gasteiger charge is -2.67. The fraction of sp³-hybridized carbons (Fsp3) is 0.864. The minimum absolute atomic E-state index is 0.0237. The first-order chi connectivity index (χ1) is 13.1. The predicted octanol–water partition coefficient (Wildman–Crippen LogP) is 0.450. The molecule has 6 saturated carbocycles. The van der Waals surface area contributed by atoms with E-state index in [4.69, 9.17) is 4.74 Å². The second-order valence-corrected chi connectivity index (χ2v) is 11.5. The van der Waals surface area contributed by atoms with Crippen molar-refractivity contribution in [2.75, 3.05) is 6.54 Å². The Bertz CT molecular complexity index is 860. The molecule has 0 aromatic heterocycles. The molecule has 0 amide bonds. The second-order valence-electron chi connectivity index (χ2n) is 11.5. The molecule has 9 fully saturated rings. The van der Waals surface area contributed by atoms with Gasteiger partial charge in [0.1, 0.15) is 11.7 Å². The van der Waals surface area contributed by atoms with Crippen LogP contribution in [0.1, 0.15) is 39.5 Å². The van der Waals surface area contributed by atoms with E-state index in [2.05, 4.69) is 18.4 Å². The van der Waals surface area contributed by atoms with E-state index in [-0.39, 0.29) is 34.9 Å². The van der Waals surface area contributed by atoms with Crippen molar-refractivity contribution in [3.05, 3.63) is 12.2 Å². The lowest BCUT2D eigenvalue weighted by atomic mass is 9.39. The van der Waals surface area contributed by atoms with Gasteiger partial charge in [-0.05, 0) is 37.0 Å². The Morgan fingerprint density at radius 3 is 2.71 bits per heavy atom. The van der Waals surface area contributed by atoms with E-state index in [0.29, 0.717) is 24.8 Å². The molecule has 1 unspecified atom stereocenters. The Hall–Kier alpha value is -0.950. The molecular weight excluding hydrogens is 358 g/mol. The van der Waals surface area contributed by atoms with Crippen molar-refractivity contribution >= 4 is 5.97 Å². The van der Waals surface area contributed by atoms with Crippen molar-refractivity contribution in [2.24, 2.45) is 34.0 Å². The third-order valence-corrected chi connectivity index (χ3v) is 10.6. The van der Waals surface area contributed by atoms with Crippen LogP contribution in [0.15, 0.2) is 12.2 Å². The topological polar surface area (TPSA) is 90.2 Å². The maximum atomic E-state index is 12.2. The summed E-state index contributed by atoms with van der Waals surface area (Å²) >= 11 is 0. The molecule has 2 spiro atoms. The fourth-order valence-corrected chi connectivity index (χ4v) is 11.0. The fourth-order valence-electron chi connectivity index (χ4n) is 11.0. The van der Waals surface area contributed by atoms with Crippen LogP contribution in [-0.4, -0.2) is 68.7 Å². The zero-order valence-electron chi connectivity index (χ0n) is 16.5. The molecule has 6 aliphatic carbocycles. The summed E-state index contributed by atoms with van der Waals surface area (Å²) in [6.45, 7) is 8.85. The minimum Gasteiger partial charge on any atom is -0.463 e. The van der Waals surface area contributed by atoms with Crippen LogP contribution in [-0.2, 0) is 9.53 Å². The molecule has 9 bridgehead atoms. The maximum Gasteiger partial charge on any atom is 0.302 e. The zero-order chi connectivity index (χ0) is 19.6. The van der Waals surface area contributed by atoms with Gasteiger partial charge in [0.05, 0.1) is 12.2 Å². The van der Waals surface area contributed by atoms with E-state index in [1.54, 1.807) is 0 Å². The number of hydrogen-bond donors (Lipinski definition) is 3. The molecule has 3 aliphatic heterocycles. The molecule has 152 valence electrons. The van der Waals surface area contributed by atoms with E-state index >= 15 is 0 Å². The van der Waals surface area contributed by atoms with Crippen LogP contribution < -0.4 is 0 Å². The molecule has 3 saturated heterocycles. The summed E-state index contributed by atoms with van der Waals surface area (Å²) < 4.78 is 5.75. The maximum absolute atomic E-state index is 12.2. The van der Waals surface area contributed by atoms with E-state index in [9.17, 15) is 20.1 Å². The van der Waals surface area contributed by atoms with Crippen LogP contribution in [0, 0.1) is 34.0 Å². The molecule has 3 heterocycles. The third-order valence-electron chi connectivity index (χ3n) is 10.6. The number of ether oxygens (including phenoxy) is 1. The van der Waals surface area contributed by atoms with Gasteiger partial charge in [0, 0.05) is 48.2 Å². The molecule has 3 N–H and O–H groups in total. The molecule has 9 rings (SSSR count). The first-order valence-corrected chi connectivity index (χ1v) is 10.8. The summed E-state index contributed by atoms with van der Waals surface area (Å²) in [7, 11) is 0. The van der Waals surface area contributed by atoms with E-state index < -0.39 is 29.1 Å². The number of rotatable bonds is 1. The van der Waals surface area contributed by atoms with Gasteiger partial charge in [-0.2, -0.15) is 0 Å². The van der Waals surface area contributed by atoms with Crippen LogP contribution >= 0.6 is 0 Å². The van der Waals surface area contributed by atoms with E-state index in [1.807, 2.05) is 0 Å². The largest absolute Gasteiger partial charge is 0.463 e. The number of aliphatic hydroxyl groups is 3. The second kappa shape index (κ2) is 4.25. The molecule has 9 aliphatic rings. The lowest BCUT2D eigenvalue weighted by Crippen LogP contribution is -2.76. The Morgan fingerprint density at radius 1 is 1.25 bits per heavy atom. The van der Waals surface area contributed by atoms with Crippen LogP contribution in [0.4, 0.5) is 0 Å². The van der Waals surface area contributed by atoms with Crippen LogP contribution in [0.25, 0.3) is 0 Å². The van der Waals surface area contributed by atoms with Crippen LogP contribution in [0.3, 0.4) is 0 Å². The molecule has 0 aromatic rings. The van der Waals surface area contributed by atoms with Crippen molar-refractivity contribution < 1.29 is 24.9 Å². The normalized spacial score (nSPS) is 69.3. The average Bonchev–Trinajstić information content (AvgIpc) is 2.97. The summed E-state index contributed by atoms with van der Waals surface area (Å²) in [5, 5.41) is 35.1. The molecule has 13 atom stereocenters. The van der Waals surface area contributed by atoms with Gasteiger partial charge in [-0.1, -0.05) is 19.1 Å². The van der Waals surface area contributed by atoms with Gasteiger partial charge >= 0.3 is 5.97 Å². The zero-order valence-corrected chi connectivity index (χ0v) is 16.5. The van der Waals surface area contributed by atoms with E-state index in [1.165, 1.54) is 6.92 Å². The SMILES string of the molecule is C=C1C[C@@]23C[C@H]4[C@H]5[C@]6(C)C[C@H](OC(C)=O)C[C@@]57[C@H]2[C@H](O)[C@H]1[C@@H](O)[C@@]3(O)[C@H]7N4C6. The standard InChI is InChI=1S/C22H29NO5/c1-9-4-20-7-12-15-19(3)5-11(28-10(2)24)6-21(15)16(20)14(25)13(9)17(26)22(20,27)18(21)23(12)8-19/h11-18,25-27H,1,4-8H2,2-3H3/t11-,12-,13-,14+,15-,16-,17+,18-,19+,20+,21-,22+/m0/s1. The highest BCUT2D eigenvalue weighted by molar-refractivity contribution is 5.66. The Morgan fingerprint density at radius 2 is 2.00 bits per heavy atom. The molecular formula is C22H29NO5. The van der Waals surface area contributed by atoms with Gasteiger partial charge in [-0.3, -0.25) is 9.69 Å². The summed E-state index contributed by atoms with van der Waals surface area (Å²) in [6, 6.07) is 0.245. The molecule has 28 heavy (non-hydrogen) atoms. The van der Waals surface area contributed by atoms with Gasteiger partial charge in [-0.25, -0.2) is 0 Å².